The minimum atomic E-state index is 0.0680. The van der Waals surface area contributed by atoms with E-state index in [0.717, 1.165) is 78.5 Å². The molecule has 2 aromatic rings. The molecule has 7 nitrogen and oxygen atoms in total. The second kappa shape index (κ2) is 8.11. The van der Waals surface area contributed by atoms with Gasteiger partial charge in [0.2, 0.25) is 0 Å². The molecule has 0 saturated carbocycles. The summed E-state index contributed by atoms with van der Waals surface area (Å²) in [5.41, 5.74) is 4.00. The molecule has 0 aliphatic carbocycles. The van der Waals surface area contributed by atoms with Crippen molar-refractivity contribution in [1.29, 1.82) is 0 Å². The summed E-state index contributed by atoms with van der Waals surface area (Å²) < 4.78 is 5.78. The van der Waals surface area contributed by atoms with E-state index in [9.17, 15) is 4.79 Å². The number of likely N-dealkylation sites (tertiary alicyclic amines) is 1. The maximum absolute atomic E-state index is 13.3. The molecule has 1 N–H and O–H groups in total. The quantitative estimate of drug-likeness (QED) is 0.822. The Kier molecular flexibility index (Phi) is 5.30. The van der Waals surface area contributed by atoms with E-state index in [1.807, 2.05) is 30.1 Å². The molecule has 1 saturated heterocycles. The summed E-state index contributed by atoms with van der Waals surface area (Å²) in [5.74, 6) is 3.21. The molecule has 164 valence electrons. The number of ether oxygens (including phenoxy) is 1. The minimum Gasteiger partial charge on any atom is -0.490 e. The summed E-state index contributed by atoms with van der Waals surface area (Å²) in [6.45, 7) is 5.43. The predicted octanol–water partition coefficient (Wildman–Crippen LogP) is 2.85. The smallest absolute Gasteiger partial charge is 0.254 e. The molecule has 7 heteroatoms. The average molecular weight is 422 g/mol. The van der Waals surface area contributed by atoms with Crippen molar-refractivity contribution in [2.45, 2.75) is 51.2 Å². The van der Waals surface area contributed by atoms with Crippen molar-refractivity contribution in [1.82, 2.24) is 19.8 Å². The topological polar surface area (TPSA) is 70.6 Å². The fraction of sp³-hybridized carbons (Fsp3) is 0.542. The normalized spacial score (nSPS) is 21.4. The fourth-order valence-corrected chi connectivity index (χ4v) is 5.02. The number of piperidine rings is 1. The molecule has 1 aromatic heterocycles. The lowest BCUT2D eigenvalue weighted by molar-refractivity contribution is 0.0731. The molecule has 5 rings (SSSR count). The number of anilines is 1. The molecule has 4 heterocycles. The van der Waals surface area contributed by atoms with Crippen molar-refractivity contribution in [3.05, 3.63) is 46.4 Å². The van der Waals surface area contributed by atoms with E-state index in [2.05, 4.69) is 24.2 Å². The zero-order chi connectivity index (χ0) is 21.5. The van der Waals surface area contributed by atoms with Gasteiger partial charge in [0.05, 0.1) is 12.2 Å². The van der Waals surface area contributed by atoms with Crippen molar-refractivity contribution in [3.8, 4) is 5.75 Å². The van der Waals surface area contributed by atoms with Gasteiger partial charge in [-0.05, 0) is 70.1 Å². The molecular weight excluding hydrogens is 390 g/mol. The second-order valence-electron chi connectivity index (χ2n) is 9.12. The van der Waals surface area contributed by atoms with Gasteiger partial charge in [0.25, 0.3) is 5.91 Å². The highest BCUT2D eigenvalue weighted by Gasteiger charge is 2.29. The first kappa shape index (κ1) is 20.2. The van der Waals surface area contributed by atoms with Gasteiger partial charge in [0.15, 0.2) is 0 Å². The average Bonchev–Trinajstić information content (AvgIpc) is 3.17. The highest BCUT2D eigenvalue weighted by molar-refractivity contribution is 5.94. The van der Waals surface area contributed by atoms with Crippen LogP contribution in [0.25, 0.3) is 0 Å². The molecule has 1 atom stereocenters. The summed E-state index contributed by atoms with van der Waals surface area (Å²) in [6.07, 6.45) is 3.97. The summed E-state index contributed by atoms with van der Waals surface area (Å²) in [4.78, 5) is 27.4. The lowest BCUT2D eigenvalue weighted by Gasteiger charge is -2.32. The molecule has 1 aromatic carbocycles. The van der Waals surface area contributed by atoms with Crippen molar-refractivity contribution >= 4 is 11.7 Å². The van der Waals surface area contributed by atoms with Gasteiger partial charge in [-0.25, -0.2) is 9.97 Å². The number of carbonyl (C=O) groups excluding carboxylic acids is 1. The monoisotopic (exact) mass is 421 g/mol. The number of aromatic nitrogens is 2. The number of hydrogen-bond donors (Lipinski definition) is 1. The first-order valence-corrected chi connectivity index (χ1v) is 11.4. The number of carbonyl (C=O) groups is 1. The van der Waals surface area contributed by atoms with Gasteiger partial charge in [-0.1, -0.05) is 0 Å². The number of rotatable bonds is 3. The lowest BCUT2D eigenvalue weighted by atomic mass is 9.95. The van der Waals surface area contributed by atoms with Crippen LogP contribution in [0.2, 0.25) is 0 Å². The molecule has 3 aliphatic rings. The summed E-state index contributed by atoms with van der Waals surface area (Å²) >= 11 is 0. The molecule has 0 bridgehead atoms. The lowest BCUT2D eigenvalue weighted by Crippen LogP contribution is -2.37. The van der Waals surface area contributed by atoms with Crippen molar-refractivity contribution in [2.75, 3.05) is 39.0 Å². The maximum Gasteiger partial charge on any atom is 0.254 e. The van der Waals surface area contributed by atoms with E-state index < -0.39 is 0 Å². The van der Waals surface area contributed by atoms with Crippen LogP contribution < -0.4 is 10.1 Å². The van der Waals surface area contributed by atoms with Crippen LogP contribution in [0.5, 0.6) is 5.75 Å². The van der Waals surface area contributed by atoms with Crippen molar-refractivity contribution in [2.24, 2.45) is 0 Å². The van der Waals surface area contributed by atoms with E-state index in [4.69, 9.17) is 14.7 Å². The van der Waals surface area contributed by atoms with Crippen molar-refractivity contribution < 1.29 is 9.53 Å². The van der Waals surface area contributed by atoms with Crippen LogP contribution in [0.3, 0.4) is 0 Å². The van der Waals surface area contributed by atoms with Crippen LogP contribution in [-0.4, -0.2) is 65.5 Å². The minimum absolute atomic E-state index is 0.0680. The van der Waals surface area contributed by atoms with Crippen molar-refractivity contribution in [3.63, 3.8) is 0 Å². The van der Waals surface area contributed by atoms with Crippen LogP contribution in [0.1, 0.15) is 58.7 Å². The molecule has 31 heavy (non-hydrogen) atoms. The Morgan fingerprint density at radius 1 is 1.19 bits per heavy atom. The molecule has 1 amide bonds. The predicted molar refractivity (Wildman–Crippen MR) is 120 cm³/mol. The Labute approximate surface area is 183 Å². The third kappa shape index (κ3) is 3.87. The van der Waals surface area contributed by atoms with Gasteiger partial charge in [0.1, 0.15) is 23.5 Å². The fourth-order valence-electron chi connectivity index (χ4n) is 5.02. The number of benzene rings is 1. The number of nitrogens with one attached hydrogen (secondary N) is 1. The van der Waals surface area contributed by atoms with Gasteiger partial charge in [-0.3, -0.25) is 4.79 Å². The zero-order valence-corrected chi connectivity index (χ0v) is 18.6. The van der Waals surface area contributed by atoms with Crippen LogP contribution in [0.15, 0.2) is 18.2 Å². The number of nitrogens with zero attached hydrogens (tertiary/aromatic N) is 4. The highest BCUT2D eigenvalue weighted by atomic mass is 16.5. The second-order valence-corrected chi connectivity index (χ2v) is 9.12. The molecule has 0 radical (unpaired) electrons. The van der Waals surface area contributed by atoms with Gasteiger partial charge >= 0.3 is 0 Å². The first-order valence-electron chi connectivity index (χ1n) is 11.4. The van der Waals surface area contributed by atoms with E-state index in [-0.39, 0.29) is 12.0 Å². The Balaban J connectivity index is 1.38. The number of fused-ring (bicyclic) bond motifs is 2. The summed E-state index contributed by atoms with van der Waals surface area (Å²) in [6, 6.07) is 5.82. The molecule has 0 unspecified atom stereocenters. The molecule has 3 aliphatic heterocycles. The largest absolute Gasteiger partial charge is 0.490 e. The maximum atomic E-state index is 13.3. The molecule has 1 fully saturated rings. The van der Waals surface area contributed by atoms with E-state index in [1.165, 1.54) is 0 Å². The standard InChI is InChI=1S/C24H31N5O2/c1-15-12-18-13-17(4-5-21(18)31-15)24(30)29-11-8-19-20(14-29)26-22(27-23(19)25-2)16-6-9-28(3)10-7-16/h4-5,13,15-16H,6-12,14H2,1-3H3,(H,25,26,27)/t15-/m1/s1. The molecular formula is C24H31N5O2. The van der Waals surface area contributed by atoms with Gasteiger partial charge in [-0.2, -0.15) is 0 Å². The van der Waals surface area contributed by atoms with E-state index >= 15 is 0 Å². The van der Waals surface area contributed by atoms with Crippen LogP contribution in [0.4, 0.5) is 5.82 Å². The SMILES string of the molecule is CNc1nc(C2CCN(C)CC2)nc2c1CCN(C(=O)c1ccc3c(c1)C[C@@H](C)O3)C2. The Hall–Kier alpha value is -2.67. The van der Waals surface area contributed by atoms with Crippen LogP contribution >= 0.6 is 0 Å². The number of hydrogen-bond acceptors (Lipinski definition) is 6. The summed E-state index contributed by atoms with van der Waals surface area (Å²) in [7, 11) is 4.09. The number of amides is 1. The van der Waals surface area contributed by atoms with E-state index in [0.29, 0.717) is 19.0 Å². The summed E-state index contributed by atoms with van der Waals surface area (Å²) in [5, 5.41) is 3.27. The van der Waals surface area contributed by atoms with Crippen LogP contribution in [-0.2, 0) is 19.4 Å². The van der Waals surface area contributed by atoms with Gasteiger partial charge in [-0.15, -0.1) is 0 Å². The zero-order valence-electron chi connectivity index (χ0n) is 18.6. The van der Waals surface area contributed by atoms with Gasteiger partial charge in [0, 0.05) is 37.1 Å². The molecule has 0 spiro atoms. The highest BCUT2D eigenvalue weighted by Crippen LogP contribution is 2.32. The Morgan fingerprint density at radius 2 is 2.00 bits per heavy atom. The third-order valence-corrected chi connectivity index (χ3v) is 6.83. The third-order valence-electron chi connectivity index (χ3n) is 6.83. The van der Waals surface area contributed by atoms with Gasteiger partial charge < -0.3 is 19.9 Å². The van der Waals surface area contributed by atoms with Crippen LogP contribution in [0, 0.1) is 0 Å². The Bertz CT molecular complexity index is 1000. The first-order chi connectivity index (χ1) is 15.0. The Morgan fingerprint density at radius 3 is 2.77 bits per heavy atom. The van der Waals surface area contributed by atoms with E-state index in [1.54, 1.807) is 0 Å².